The molecule has 1 aromatic heterocycles. The van der Waals surface area contributed by atoms with Crippen molar-refractivity contribution in [2.45, 2.75) is 45.3 Å². The second-order valence-electron chi connectivity index (χ2n) is 7.61. The summed E-state index contributed by atoms with van der Waals surface area (Å²) in [6, 6.07) is 22.2. The van der Waals surface area contributed by atoms with Gasteiger partial charge in [0.2, 0.25) is 0 Å². The first-order chi connectivity index (χ1) is 13.6. The summed E-state index contributed by atoms with van der Waals surface area (Å²) in [4.78, 5) is 13.5. The first-order valence-corrected chi connectivity index (χ1v) is 9.90. The number of cyclic esters (lactones) is 1. The van der Waals surface area contributed by atoms with Crippen LogP contribution in [0.25, 0.3) is 0 Å². The van der Waals surface area contributed by atoms with E-state index in [0.717, 1.165) is 28.9 Å². The Morgan fingerprint density at radius 2 is 1.57 bits per heavy atom. The molecule has 1 fully saturated rings. The fraction of sp³-hybridized carbons (Fsp3) is 0.333. The van der Waals surface area contributed by atoms with Crippen LogP contribution in [0.1, 0.15) is 35.9 Å². The molecule has 1 aliphatic rings. The number of carbonyl (C=O) groups is 1. The van der Waals surface area contributed by atoms with Crippen LogP contribution >= 0.6 is 0 Å². The molecule has 2 heterocycles. The maximum Gasteiger partial charge on any atom is 0.321 e. The Balaban J connectivity index is 1.83. The SMILES string of the molecule is CCC1C(Cn2nc(C)cc2C)OC(=O)C1(c1ccccc1)c1ccccc1. The van der Waals surface area contributed by atoms with Crippen molar-refractivity contribution in [1.82, 2.24) is 9.78 Å². The Kier molecular flexibility index (Phi) is 4.80. The lowest BCUT2D eigenvalue weighted by Crippen LogP contribution is -2.41. The topological polar surface area (TPSA) is 44.1 Å². The molecular weight excluding hydrogens is 348 g/mol. The molecule has 4 rings (SSSR count). The van der Waals surface area contributed by atoms with Crippen molar-refractivity contribution in [3.63, 3.8) is 0 Å². The lowest BCUT2D eigenvalue weighted by atomic mass is 9.64. The van der Waals surface area contributed by atoms with Crippen molar-refractivity contribution in [2.24, 2.45) is 5.92 Å². The Hall–Kier alpha value is -2.88. The number of benzene rings is 2. The molecule has 1 aliphatic heterocycles. The van der Waals surface area contributed by atoms with Gasteiger partial charge in [-0.2, -0.15) is 5.10 Å². The van der Waals surface area contributed by atoms with Gasteiger partial charge >= 0.3 is 5.97 Å². The van der Waals surface area contributed by atoms with Gasteiger partial charge in [0.05, 0.1) is 12.2 Å². The molecule has 2 unspecified atom stereocenters. The molecule has 0 aliphatic carbocycles. The number of nitrogens with zero attached hydrogens (tertiary/aromatic N) is 2. The van der Waals surface area contributed by atoms with E-state index in [0.29, 0.717) is 6.54 Å². The zero-order chi connectivity index (χ0) is 19.7. The lowest BCUT2D eigenvalue weighted by molar-refractivity contribution is -0.145. The highest BCUT2D eigenvalue weighted by Crippen LogP contribution is 2.49. The third-order valence-electron chi connectivity index (χ3n) is 5.94. The van der Waals surface area contributed by atoms with Crippen LogP contribution in [0.5, 0.6) is 0 Å². The predicted octanol–water partition coefficient (Wildman–Crippen LogP) is 4.44. The van der Waals surface area contributed by atoms with E-state index in [9.17, 15) is 4.79 Å². The van der Waals surface area contributed by atoms with E-state index in [4.69, 9.17) is 4.74 Å². The number of rotatable bonds is 5. The van der Waals surface area contributed by atoms with Gasteiger partial charge in [-0.25, -0.2) is 0 Å². The normalized spacial score (nSPS) is 20.9. The van der Waals surface area contributed by atoms with E-state index in [2.05, 4.69) is 18.1 Å². The molecule has 3 aromatic rings. The van der Waals surface area contributed by atoms with Crippen LogP contribution in [-0.4, -0.2) is 21.9 Å². The minimum Gasteiger partial charge on any atom is -0.459 e. The molecule has 1 saturated heterocycles. The van der Waals surface area contributed by atoms with Gasteiger partial charge in [-0.15, -0.1) is 0 Å². The summed E-state index contributed by atoms with van der Waals surface area (Å²) in [5.41, 5.74) is 3.26. The molecule has 2 aromatic carbocycles. The number of hydrogen-bond acceptors (Lipinski definition) is 3. The number of aromatic nitrogens is 2. The van der Waals surface area contributed by atoms with Gasteiger partial charge in [0.25, 0.3) is 0 Å². The second kappa shape index (κ2) is 7.27. The monoisotopic (exact) mass is 374 g/mol. The molecule has 0 bridgehead atoms. The van der Waals surface area contributed by atoms with Gasteiger partial charge in [0.1, 0.15) is 11.5 Å². The quantitative estimate of drug-likeness (QED) is 0.620. The fourth-order valence-corrected chi connectivity index (χ4v) is 4.74. The fourth-order valence-electron chi connectivity index (χ4n) is 4.74. The summed E-state index contributed by atoms with van der Waals surface area (Å²) >= 11 is 0. The number of esters is 1. The predicted molar refractivity (Wildman–Crippen MR) is 109 cm³/mol. The zero-order valence-corrected chi connectivity index (χ0v) is 16.6. The molecule has 0 N–H and O–H groups in total. The van der Waals surface area contributed by atoms with Gasteiger partial charge in [-0.1, -0.05) is 67.6 Å². The van der Waals surface area contributed by atoms with Crippen LogP contribution in [0.3, 0.4) is 0 Å². The van der Waals surface area contributed by atoms with E-state index >= 15 is 0 Å². The van der Waals surface area contributed by atoms with Gasteiger partial charge in [0, 0.05) is 11.6 Å². The van der Waals surface area contributed by atoms with Crippen molar-refractivity contribution in [2.75, 3.05) is 0 Å². The van der Waals surface area contributed by atoms with Gasteiger partial charge < -0.3 is 4.74 Å². The zero-order valence-electron chi connectivity index (χ0n) is 16.6. The number of carbonyl (C=O) groups excluding carboxylic acids is 1. The van der Waals surface area contributed by atoms with Crippen molar-refractivity contribution in [3.8, 4) is 0 Å². The minimum atomic E-state index is -0.794. The molecule has 4 heteroatoms. The smallest absolute Gasteiger partial charge is 0.321 e. The number of aryl methyl sites for hydroxylation is 2. The Morgan fingerprint density at radius 1 is 1.00 bits per heavy atom. The van der Waals surface area contributed by atoms with Crippen LogP contribution in [0.15, 0.2) is 66.7 Å². The Labute approximate surface area is 166 Å². The maximum absolute atomic E-state index is 13.5. The van der Waals surface area contributed by atoms with Crippen molar-refractivity contribution in [3.05, 3.63) is 89.2 Å². The Bertz CT molecular complexity index is 923. The van der Waals surface area contributed by atoms with E-state index in [-0.39, 0.29) is 18.0 Å². The number of ether oxygens (including phenoxy) is 1. The number of hydrogen-bond donors (Lipinski definition) is 0. The molecule has 28 heavy (non-hydrogen) atoms. The summed E-state index contributed by atoms with van der Waals surface area (Å²) < 4.78 is 8.02. The van der Waals surface area contributed by atoms with Crippen molar-refractivity contribution < 1.29 is 9.53 Å². The summed E-state index contributed by atoms with van der Waals surface area (Å²) in [5.74, 6) is -0.142. The highest BCUT2D eigenvalue weighted by molar-refractivity contribution is 5.90. The molecule has 144 valence electrons. The van der Waals surface area contributed by atoms with Gasteiger partial charge in [-0.05, 0) is 37.5 Å². The average molecular weight is 374 g/mol. The van der Waals surface area contributed by atoms with E-state index < -0.39 is 5.41 Å². The summed E-state index contributed by atoms with van der Waals surface area (Å²) in [6.07, 6.45) is 0.607. The summed E-state index contributed by atoms with van der Waals surface area (Å²) in [5, 5.41) is 4.59. The van der Waals surface area contributed by atoms with Crippen LogP contribution in [0, 0.1) is 19.8 Å². The second-order valence-corrected chi connectivity index (χ2v) is 7.61. The standard InChI is InChI=1S/C24H26N2O2/c1-4-21-22(16-26-18(3)15-17(2)25-26)28-23(27)24(21,19-11-7-5-8-12-19)20-13-9-6-10-14-20/h5-15,21-22H,4,16H2,1-3H3. The molecule has 0 saturated carbocycles. The van der Waals surface area contributed by atoms with Gasteiger partial charge in [0.15, 0.2) is 0 Å². The minimum absolute atomic E-state index is 0.0220. The first kappa shape index (κ1) is 18.5. The van der Waals surface area contributed by atoms with E-state index in [1.54, 1.807) is 0 Å². The molecule has 0 amide bonds. The van der Waals surface area contributed by atoms with Crippen LogP contribution in [0.2, 0.25) is 0 Å². The summed E-state index contributed by atoms with van der Waals surface area (Å²) in [6.45, 7) is 6.74. The van der Waals surface area contributed by atoms with Crippen LogP contribution < -0.4 is 0 Å². The molecular formula is C24H26N2O2. The Morgan fingerprint density at radius 3 is 2.04 bits per heavy atom. The highest BCUT2D eigenvalue weighted by atomic mass is 16.6. The van der Waals surface area contributed by atoms with Crippen molar-refractivity contribution >= 4 is 5.97 Å². The van der Waals surface area contributed by atoms with Crippen molar-refractivity contribution in [1.29, 1.82) is 0 Å². The van der Waals surface area contributed by atoms with E-state index in [1.807, 2.05) is 79.2 Å². The molecule has 0 radical (unpaired) electrons. The molecule has 2 atom stereocenters. The maximum atomic E-state index is 13.5. The first-order valence-electron chi connectivity index (χ1n) is 9.90. The van der Waals surface area contributed by atoms with Crippen LogP contribution in [-0.2, 0) is 21.5 Å². The average Bonchev–Trinajstić information content (AvgIpc) is 3.18. The summed E-state index contributed by atoms with van der Waals surface area (Å²) in [7, 11) is 0. The molecule has 4 nitrogen and oxygen atoms in total. The van der Waals surface area contributed by atoms with Crippen LogP contribution in [0.4, 0.5) is 0 Å². The highest BCUT2D eigenvalue weighted by Gasteiger charge is 2.58. The largest absolute Gasteiger partial charge is 0.459 e. The molecule has 0 spiro atoms. The third-order valence-corrected chi connectivity index (χ3v) is 5.94. The van der Waals surface area contributed by atoms with E-state index in [1.165, 1.54) is 0 Å². The lowest BCUT2D eigenvalue weighted by Gasteiger charge is -2.33. The van der Waals surface area contributed by atoms with Gasteiger partial charge in [-0.3, -0.25) is 9.48 Å². The third kappa shape index (κ3) is 2.84.